The lowest BCUT2D eigenvalue weighted by atomic mass is 10.1. The highest BCUT2D eigenvalue weighted by molar-refractivity contribution is 6.30. The van der Waals surface area contributed by atoms with E-state index < -0.39 is 5.82 Å². The maximum atomic E-state index is 12.9. The Bertz CT molecular complexity index is 278. The monoisotopic (exact) mass is 188 g/mol. The van der Waals surface area contributed by atoms with E-state index in [9.17, 15) is 4.39 Å². The van der Waals surface area contributed by atoms with Gasteiger partial charge in [0.1, 0.15) is 5.82 Å². The molecule has 1 unspecified atom stereocenters. The summed E-state index contributed by atoms with van der Waals surface area (Å²) < 4.78 is 12.9. The van der Waals surface area contributed by atoms with Crippen molar-refractivity contribution < 1.29 is 4.39 Å². The van der Waals surface area contributed by atoms with E-state index in [-0.39, 0.29) is 11.1 Å². The van der Waals surface area contributed by atoms with Gasteiger partial charge in [-0.15, -0.1) is 0 Å². The maximum Gasteiger partial charge on any atom is 0.142 e. The fraction of sp³-hybridized carbons (Fsp3) is 0.250. The third-order valence-electron chi connectivity index (χ3n) is 1.69. The van der Waals surface area contributed by atoms with Gasteiger partial charge >= 0.3 is 0 Å². The maximum absolute atomic E-state index is 12.9. The first-order valence-electron chi connectivity index (χ1n) is 3.56. The molecule has 0 aliphatic rings. The highest BCUT2D eigenvalue weighted by Gasteiger charge is 2.05. The third kappa shape index (κ3) is 1.94. The quantitative estimate of drug-likeness (QED) is 0.551. The van der Waals surface area contributed by atoms with Crippen LogP contribution in [-0.2, 0) is 0 Å². The van der Waals surface area contributed by atoms with Gasteiger partial charge in [0.15, 0.2) is 0 Å². The first-order chi connectivity index (χ1) is 5.65. The first-order valence-corrected chi connectivity index (χ1v) is 3.94. The minimum atomic E-state index is -0.420. The van der Waals surface area contributed by atoms with Crippen LogP contribution >= 0.6 is 11.6 Å². The molecule has 0 aromatic heterocycles. The number of rotatable bonds is 2. The highest BCUT2D eigenvalue weighted by Crippen LogP contribution is 2.19. The van der Waals surface area contributed by atoms with Crippen LogP contribution in [-0.4, -0.2) is 0 Å². The number of nitrogens with two attached hydrogens (primary N) is 1. The van der Waals surface area contributed by atoms with Crippen LogP contribution in [0.4, 0.5) is 4.39 Å². The van der Waals surface area contributed by atoms with Crippen molar-refractivity contribution in [2.24, 2.45) is 5.84 Å². The molecular weight excluding hydrogens is 179 g/mol. The average molecular weight is 189 g/mol. The number of benzene rings is 1. The van der Waals surface area contributed by atoms with Crippen LogP contribution in [0.2, 0.25) is 5.02 Å². The fourth-order valence-electron chi connectivity index (χ4n) is 0.878. The number of halogens is 2. The topological polar surface area (TPSA) is 38.0 Å². The molecule has 12 heavy (non-hydrogen) atoms. The van der Waals surface area contributed by atoms with Crippen molar-refractivity contribution in [3.8, 4) is 0 Å². The molecule has 0 spiro atoms. The number of hydrogen-bond acceptors (Lipinski definition) is 2. The minimum absolute atomic E-state index is 0.0724. The summed E-state index contributed by atoms with van der Waals surface area (Å²) in [7, 11) is 0. The molecule has 1 aromatic carbocycles. The lowest BCUT2D eigenvalue weighted by molar-refractivity contribution is 0.586. The molecule has 1 aromatic rings. The van der Waals surface area contributed by atoms with Gasteiger partial charge in [-0.25, -0.2) is 4.39 Å². The normalized spacial score (nSPS) is 13.0. The Morgan fingerprint density at radius 1 is 1.58 bits per heavy atom. The van der Waals surface area contributed by atoms with Crippen LogP contribution in [0.5, 0.6) is 0 Å². The molecule has 0 saturated heterocycles. The van der Waals surface area contributed by atoms with Crippen molar-refractivity contribution in [2.75, 3.05) is 0 Å². The summed E-state index contributed by atoms with van der Waals surface area (Å²) in [5.41, 5.74) is 3.30. The lowest BCUT2D eigenvalue weighted by Gasteiger charge is -2.09. The Hall–Kier alpha value is -0.640. The van der Waals surface area contributed by atoms with Gasteiger partial charge in [0.05, 0.1) is 5.02 Å². The number of nitrogens with one attached hydrogen (secondary N) is 1. The molecule has 1 atom stereocenters. The van der Waals surface area contributed by atoms with Crippen LogP contribution in [0.3, 0.4) is 0 Å². The molecule has 1 rings (SSSR count). The van der Waals surface area contributed by atoms with E-state index in [4.69, 9.17) is 17.4 Å². The van der Waals surface area contributed by atoms with Gasteiger partial charge < -0.3 is 0 Å². The lowest BCUT2D eigenvalue weighted by Crippen LogP contribution is -2.25. The number of hydrazine groups is 1. The molecule has 0 aliphatic carbocycles. The zero-order chi connectivity index (χ0) is 9.14. The Balaban J connectivity index is 2.96. The molecule has 4 heteroatoms. The van der Waals surface area contributed by atoms with Gasteiger partial charge in [0.2, 0.25) is 0 Å². The molecule has 2 nitrogen and oxygen atoms in total. The van der Waals surface area contributed by atoms with Crippen LogP contribution in [0.1, 0.15) is 18.5 Å². The van der Waals surface area contributed by atoms with Crippen molar-refractivity contribution >= 4 is 11.6 Å². The molecule has 0 fully saturated rings. The predicted octanol–water partition coefficient (Wildman–Crippen LogP) is 2.00. The molecule has 3 N–H and O–H groups in total. The summed E-state index contributed by atoms with van der Waals surface area (Å²) in [6.45, 7) is 1.84. The van der Waals surface area contributed by atoms with Crippen molar-refractivity contribution in [1.29, 1.82) is 0 Å². The molecule has 0 heterocycles. The van der Waals surface area contributed by atoms with Gasteiger partial charge in [-0.3, -0.25) is 11.3 Å². The van der Waals surface area contributed by atoms with Crippen LogP contribution in [0.25, 0.3) is 0 Å². The summed E-state index contributed by atoms with van der Waals surface area (Å²) in [6, 6.07) is 4.54. The molecule has 66 valence electrons. The molecule has 0 amide bonds. The van der Waals surface area contributed by atoms with Gasteiger partial charge in [-0.05, 0) is 24.6 Å². The van der Waals surface area contributed by atoms with Gasteiger partial charge in [0, 0.05) is 6.04 Å². The van der Waals surface area contributed by atoms with E-state index in [1.165, 1.54) is 12.1 Å². The van der Waals surface area contributed by atoms with Crippen molar-refractivity contribution in [3.05, 3.63) is 34.6 Å². The fourth-order valence-corrected chi connectivity index (χ4v) is 0.995. The summed E-state index contributed by atoms with van der Waals surface area (Å²) >= 11 is 5.50. The van der Waals surface area contributed by atoms with E-state index in [0.29, 0.717) is 0 Å². The first kappa shape index (κ1) is 9.45. The third-order valence-corrected chi connectivity index (χ3v) is 2.00. The summed E-state index contributed by atoms with van der Waals surface area (Å²) in [5.74, 6) is 4.77. The second-order valence-corrected chi connectivity index (χ2v) is 2.97. The van der Waals surface area contributed by atoms with Crippen LogP contribution in [0, 0.1) is 5.82 Å². The van der Waals surface area contributed by atoms with Crippen molar-refractivity contribution in [2.45, 2.75) is 13.0 Å². The summed E-state index contributed by atoms with van der Waals surface area (Å²) in [6.07, 6.45) is 0. The van der Waals surface area contributed by atoms with E-state index in [1.54, 1.807) is 6.07 Å². The minimum Gasteiger partial charge on any atom is -0.271 e. The summed E-state index contributed by atoms with van der Waals surface area (Å²) in [4.78, 5) is 0. The van der Waals surface area contributed by atoms with E-state index in [2.05, 4.69) is 5.43 Å². The van der Waals surface area contributed by atoms with Gasteiger partial charge in [0.25, 0.3) is 0 Å². The van der Waals surface area contributed by atoms with Crippen molar-refractivity contribution in [1.82, 2.24) is 5.43 Å². The Morgan fingerprint density at radius 3 is 2.75 bits per heavy atom. The van der Waals surface area contributed by atoms with Crippen LogP contribution < -0.4 is 11.3 Å². The van der Waals surface area contributed by atoms with E-state index >= 15 is 0 Å². The van der Waals surface area contributed by atoms with Gasteiger partial charge in [-0.1, -0.05) is 17.7 Å². The Labute approximate surface area is 75.5 Å². The van der Waals surface area contributed by atoms with E-state index in [1.807, 2.05) is 6.92 Å². The number of hydrogen-bond donors (Lipinski definition) is 2. The predicted molar refractivity (Wildman–Crippen MR) is 47.1 cm³/mol. The highest BCUT2D eigenvalue weighted by atomic mass is 35.5. The standard InChI is InChI=1S/C8H10ClFN2/c1-5(12-11)6-2-3-7(9)8(10)4-6/h2-5,12H,11H2,1H3. The van der Waals surface area contributed by atoms with Crippen LogP contribution in [0.15, 0.2) is 18.2 Å². The molecule has 0 bridgehead atoms. The average Bonchev–Trinajstić information content (AvgIpc) is 2.08. The van der Waals surface area contributed by atoms with Crippen molar-refractivity contribution in [3.63, 3.8) is 0 Å². The van der Waals surface area contributed by atoms with E-state index in [0.717, 1.165) is 5.56 Å². The second-order valence-electron chi connectivity index (χ2n) is 2.56. The SMILES string of the molecule is CC(NN)c1ccc(Cl)c(F)c1. The molecule has 0 aliphatic heterocycles. The van der Waals surface area contributed by atoms with Gasteiger partial charge in [-0.2, -0.15) is 0 Å². The largest absolute Gasteiger partial charge is 0.271 e. The Kier molecular flexibility index (Phi) is 3.03. The zero-order valence-electron chi connectivity index (χ0n) is 6.64. The molecule has 0 saturated carbocycles. The molecule has 0 radical (unpaired) electrons. The second kappa shape index (κ2) is 3.85. The molecular formula is C8H10ClFN2. The zero-order valence-corrected chi connectivity index (χ0v) is 7.40. The Morgan fingerprint density at radius 2 is 2.25 bits per heavy atom. The summed E-state index contributed by atoms with van der Waals surface area (Å²) in [5, 5.41) is 0.128. The smallest absolute Gasteiger partial charge is 0.142 e.